The minimum Gasteiger partial charge on any atom is -0.0795 e. The number of benzene rings is 8. The van der Waals surface area contributed by atoms with Gasteiger partial charge >= 0.3 is 0 Å². The Kier molecular flexibility index (Phi) is 6.31. The van der Waals surface area contributed by atoms with Crippen LogP contribution in [0, 0.1) is 0 Å². The van der Waals surface area contributed by atoms with Crippen molar-refractivity contribution in [3.05, 3.63) is 175 Å². The first kappa shape index (κ1) is 25.3. The number of rotatable bonds is 5. The average Bonchev–Trinajstić information content (AvgIpc) is 3.08. The third-order valence-corrected chi connectivity index (χ3v) is 8.70. The molecule has 8 aromatic rings. The van der Waals surface area contributed by atoms with E-state index in [4.69, 9.17) is 0 Å². The Hall–Kier alpha value is -5.46. The van der Waals surface area contributed by atoms with Gasteiger partial charge < -0.3 is 0 Å². The van der Waals surface area contributed by atoms with Crippen molar-refractivity contribution in [3.63, 3.8) is 0 Å². The van der Waals surface area contributed by atoms with Crippen molar-refractivity contribution in [1.29, 1.82) is 0 Å². The largest absolute Gasteiger partial charge is 0.0795 e. The molecule has 0 bridgehead atoms. The van der Waals surface area contributed by atoms with Crippen LogP contribution in [-0.2, 0) is 6.42 Å². The lowest BCUT2D eigenvalue weighted by atomic mass is 9.84. The zero-order valence-corrected chi connectivity index (χ0v) is 23.9. The van der Waals surface area contributed by atoms with E-state index in [-0.39, 0.29) is 0 Å². The normalized spacial score (nSPS) is 11.7. The van der Waals surface area contributed by atoms with E-state index in [9.17, 15) is 0 Å². The Morgan fingerprint density at radius 1 is 0.372 bits per heavy atom. The van der Waals surface area contributed by atoms with E-state index < -0.39 is 0 Å². The maximum absolute atomic E-state index is 2.32. The van der Waals surface area contributed by atoms with E-state index >= 15 is 0 Å². The summed E-state index contributed by atoms with van der Waals surface area (Å²) in [5.74, 6) is 0. The molecule has 202 valence electrons. The van der Waals surface area contributed by atoms with Gasteiger partial charge in [0, 0.05) is 0 Å². The first-order valence-electron chi connectivity index (χ1n) is 15.0. The van der Waals surface area contributed by atoms with Gasteiger partial charge in [0.15, 0.2) is 0 Å². The van der Waals surface area contributed by atoms with Crippen LogP contribution < -0.4 is 0 Å². The van der Waals surface area contributed by atoms with Crippen LogP contribution >= 0.6 is 0 Å². The molecule has 0 aliphatic rings. The van der Waals surface area contributed by atoms with Gasteiger partial charge in [-0.2, -0.15) is 0 Å². The quantitative estimate of drug-likeness (QED) is 0.149. The van der Waals surface area contributed by atoms with Gasteiger partial charge in [0.25, 0.3) is 0 Å². The van der Waals surface area contributed by atoms with E-state index in [0.717, 1.165) is 6.42 Å². The van der Waals surface area contributed by atoms with Gasteiger partial charge in [-0.1, -0.05) is 170 Å². The molecule has 0 aliphatic carbocycles. The number of allylic oxidation sites excluding steroid dienone is 1. The SMILES string of the molecule is C(=C\c1ccc(-c2c3ccccc3c(-c3ccccc3)c3c2ccc2ccccc23)cc1)/Cc1cccc2ccccc12. The lowest BCUT2D eigenvalue weighted by molar-refractivity contribution is 1.31. The van der Waals surface area contributed by atoms with Gasteiger partial charge in [-0.05, 0) is 82.9 Å². The van der Waals surface area contributed by atoms with Crippen LogP contribution in [0.4, 0.5) is 0 Å². The van der Waals surface area contributed by atoms with Crippen LogP contribution in [0.3, 0.4) is 0 Å². The average molecular weight is 547 g/mol. The zero-order chi connectivity index (χ0) is 28.6. The molecule has 0 aliphatic heterocycles. The predicted molar refractivity (Wildman–Crippen MR) is 187 cm³/mol. The second-order valence-electron chi connectivity index (χ2n) is 11.2. The molecule has 0 spiro atoms. The minimum absolute atomic E-state index is 0.909. The summed E-state index contributed by atoms with van der Waals surface area (Å²) in [7, 11) is 0. The third kappa shape index (κ3) is 4.49. The number of hydrogen-bond donors (Lipinski definition) is 0. The Balaban J connectivity index is 1.26. The van der Waals surface area contributed by atoms with Crippen molar-refractivity contribution >= 4 is 49.2 Å². The van der Waals surface area contributed by atoms with Gasteiger partial charge in [0.05, 0.1) is 0 Å². The van der Waals surface area contributed by atoms with Crippen molar-refractivity contribution in [2.24, 2.45) is 0 Å². The van der Waals surface area contributed by atoms with Crippen LogP contribution in [0.25, 0.3) is 71.4 Å². The summed E-state index contributed by atoms with van der Waals surface area (Å²) < 4.78 is 0. The molecule has 0 saturated carbocycles. The van der Waals surface area contributed by atoms with Crippen LogP contribution in [-0.4, -0.2) is 0 Å². The molecule has 0 fully saturated rings. The Bertz CT molecular complexity index is 2280. The minimum atomic E-state index is 0.909. The molecule has 8 aromatic carbocycles. The van der Waals surface area contributed by atoms with Gasteiger partial charge in [0.2, 0.25) is 0 Å². The highest BCUT2D eigenvalue weighted by Gasteiger charge is 2.18. The maximum atomic E-state index is 2.32. The summed E-state index contributed by atoms with van der Waals surface area (Å²) >= 11 is 0. The molecule has 0 aromatic heterocycles. The monoisotopic (exact) mass is 546 g/mol. The molecule has 0 N–H and O–H groups in total. The van der Waals surface area contributed by atoms with Crippen LogP contribution in [0.5, 0.6) is 0 Å². The lowest BCUT2D eigenvalue weighted by Crippen LogP contribution is -1.92. The second kappa shape index (κ2) is 10.7. The Labute approximate surface area is 252 Å². The molecular formula is C43H30. The summed E-state index contributed by atoms with van der Waals surface area (Å²) in [5, 5.41) is 10.3. The predicted octanol–water partition coefficient (Wildman–Crippen LogP) is 11.9. The molecule has 0 radical (unpaired) electrons. The van der Waals surface area contributed by atoms with Gasteiger partial charge in [0.1, 0.15) is 0 Å². The molecule has 0 amide bonds. The van der Waals surface area contributed by atoms with Gasteiger partial charge in [-0.25, -0.2) is 0 Å². The van der Waals surface area contributed by atoms with Gasteiger partial charge in [-0.15, -0.1) is 0 Å². The first-order chi connectivity index (χ1) is 21.3. The summed E-state index contributed by atoms with van der Waals surface area (Å²) in [6, 6.07) is 57.4. The summed E-state index contributed by atoms with van der Waals surface area (Å²) in [6.07, 6.45) is 5.43. The molecular weight excluding hydrogens is 516 g/mol. The molecule has 0 heteroatoms. The Morgan fingerprint density at radius 2 is 0.953 bits per heavy atom. The van der Waals surface area contributed by atoms with Crippen LogP contribution in [0.15, 0.2) is 164 Å². The van der Waals surface area contributed by atoms with Crippen molar-refractivity contribution in [2.75, 3.05) is 0 Å². The van der Waals surface area contributed by atoms with Crippen LogP contribution in [0.2, 0.25) is 0 Å². The van der Waals surface area contributed by atoms with E-state index in [1.165, 1.54) is 76.5 Å². The van der Waals surface area contributed by atoms with Gasteiger partial charge in [-0.3, -0.25) is 0 Å². The standard InChI is InChI=1S/C43H30/c1-2-15-34(16-3-1)42-39-23-9-8-22-38(39)41(40-29-28-33-14-5-7-21-37(33)43(40)42)35-26-24-30(25-27-35)12-10-17-32-19-11-18-31-13-4-6-20-36(31)32/h1-16,18-29H,17H2/b12-10+. The summed E-state index contributed by atoms with van der Waals surface area (Å²) in [4.78, 5) is 0. The highest BCUT2D eigenvalue weighted by molar-refractivity contribution is 6.27. The molecule has 43 heavy (non-hydrogen) atoms. The van der Waals surface area contributed by atoms with E-state index in [2.05, 4.69) is 170 Å². The fourth-order valence-corrected chi connectivity index (χ4v) is 6.72. The number of fused-ring (bicyclic) bond motifs is 5. The fraction of sp³-hybridized carbons (Fsp3) is 0.0233. The highest BCUT2D eigenvalue weighted by Crippen LogP contribution is 2.46. The maximum Gasteiger partial charge on any atom is -0.00141 e. The molecule has 0 nitrogen and oxygen atoms in total. The van der Waals surface area contributed by atoms with Crippen LogP contribution in [0.1, 0.15) is 11.1 Å². The molecule has 0 heterocycles. The molecule has 0 atom stereocenters. The van der Waals surface area contributed by atoms with E-state index in [1.54, 1.807) is 0 Å². The third-order valence-electron chi connectivity index (χ3n) is 8.70. The van der Waals surface area contributed by atoms with Crippen molar-refractivity contribution in [3.8, 4) is 22.3 Å². The molecule has 8 rings (SSSR count). The molecule has 0 unspecified atom stereocenters. The Morgan fingerprint density at radius 3 is 1.72 bits per heavy atom. The van der Waals surface area contributed by atoms with Crippen molar-refractivity contribution in [2.45, 2.75) is 6.42 Å². The summed E-state index contributed by atoms with van der Waals surface area (Å²) in [6.45, 7) is 0. The number of hydrogen-bond acceptors (Lipinski definition) is 0. The lowest BCUT2D eigenvalue weighted by Gasteiger charge is -2.19. The second-order valence-corrected chi connectivity index (χ2v) is 11.2. The van der Waals surface area contributed by atoms with E-state index in [1.807, 2.05) is 0 Å². The highest BCUT2D eigenvalue weighted by atomic mass is 14.2. The van der Waals surface area contributed by atoms with Crippen molar-refractivity contribution in [1.82, 2.24) is 0 Å². The zero-order valence-electron chi connectivity index (χ0n) is 23.9. The smallest absolute Gasteiger partial charge is 0.00141 e. The van der Waals surface area contributed by atoms with Crippen molar-refractivity contribution < 1.29 is 0 Å². The topological polar surface area (TPSA) is 0 Å². The molecule has 0 saturated heterocycles. The first-order valence-corrected chi connectivity index (χ1v) is 15.0. The van der Waals surface area contributed by atoms with E-state index in [0.29, 0.717) is 0 Å². The fourth-order valence-electron chi connectivity index (χ4n) is 6.72. The summed E-state index contributed by atoms with van der Waals surface area (Å²) in [5.41, 5.74) is 7.65.